The molecule has 3 amide bonds. The third-order valence-corrected chi connectivity index (χ3v) is 6.84. The summed E-state index contributed by atoms with van der Waals surface area (Å²) in [7, 11) is 1.42. The molecule has 4 aromatic carbocycles. The first-order valence-electron chi connectivity index (χ1n) is 14.0. The summed E-state index contributed by atoms with van der Waals surface area (Å²) in [6, 6.07) is 22.2. The molecule has 232 valence electrons. The van der Waals surface area contributed by atoms with E-state index < -0.39 is 29.5 Å². The minimum atomic E-state index is -4.49. The molecule has 8 nitrogen and oxygen atoms in total. The van der Waals surface area contributed by atoms with Gasteiger partial charge in [0.2, 0.25) is 0 Å². The van der Waals surface area contributed by atoms with Gasteiger partial charge in [-0.15, -0.1) is 0 Å². The molecule has 0 atom stereocenters. The van der Waals surface area contributed by atoms with Gasteiger partial charge in [0.25, 0.3) is 17.7 Å². The van der Waals surface area contributed by atoms with Crippen LogP contribution in [0.3, 0.4) is 0 Å². The highest BCUT2D eigenvalue weighted by molar-refractivity contribution is 6.12. The largest absolute Gasteiger partial charge is 0.461 e. The highest BCUT2D eigenvalue weighted by Gasteiger charge is 2.30. The van der Waals surface area contributed by atoms with E-state index >= 15 is 0 Å². The number of rotatable bonds is 10. The number of nitrogens with one attached hydrogen (secondary N) is 3. The van der Waals surface area contributed by atoms with Gasteiger partial charge in [0.15, 0.2) is 0 Å². The van der Waals surface area contributed by atoms with Crippen molar-refractivity contribution >= 4 is 29.4 Å². The summed E-state index contributed by atoms with van der Waals surface area (Å²) < 4.78 is 44.5. The second-order valence-electron chi connectivity index (χ2n) is 9.89. The highest BCUT2D eigenvalue weighted by Crippen LogP contribution is 2.32. The smallest absolute Gasteiger partial charge is 0.416 e. The first-order valence-corrected chi connectivity index (χ1v) is 14.0. The second-order valence-corrected chi connectivity index (χ2v) is 9.89. The Balaban J connectivity index is 1.51. The molecule has 3 N–H and O–H groups in total. The van der Waals surface area contributed by atoms with E-state index in [0.29, 0.717) is 34.4 Å². The molecule has 4 aromatic rings. The molecule has 0 saturated heterocycles. The van der Waals surface area contributed by atoms with Gasteiger partial charge in [-0.1, -0.05) is 54.6 Å². The predicted octanol–water partition coefficient (Wildman–Crippen LogP) is 6.02. The van der Waals surface area contributed by atoms with Crippen molar-refractivity contribution in [3.8, 4) is 11.1 Å². The van der Waals surface area contributed by atoms with Crippen LogP contribution in [0.5, 0.6) is 0 Å². The monoisotopic (exact) mass is 617 g/mol. The zero-order valence-electron chi connectivity index (χ0n) is 24.5. The molecule has 11 heteroatoms. The molecule has 0 heterocycles. The van der Waals surface area contributed by atoms with Crippen LogP contribution in [0.4, 0.5) is 18.9 Å². The lowest BCUT2D eigenvalue weighted by molar-refractivity contribution is -0.144. The minimum Gasteiger partial charge on any atom is -0.461 e. The van der Waals surface area contributed by atoms with Gasteiger partial charge in [-0.2, -0.15) is 13.2 Å². The molecule has 45 heavy (non-hydrogen) atoms. The maximum absolute atomic E-state index is 13.4. The van der Waals surface area contributed by atoms with Crippen LogP contribution < -0.4 is 16.0 Å². The summed E-state index contributed by atoms with van der Waals surface area (Å²) in [6.45, 7) is 2.12. The number of esters is 1. The molecular weight excluding hydrogens is 587 g/mol. The van der Waals surface area contributed by atoms with Crippen LogP contribution in [0.1, 0.15) is 54.7 Å². The van der Waals surface area contributed by atoms with Gasteiger partial charge in [-0.25, -0.2) is 0 Å². The Morgan fingerprint density at radius 2 is 1.42 bits per heavy atom. The van der Waals surface area contributed by atoms with Crippen molar-refractivity contribution in [1.82, 2.24) is 10.6 Å². The molecule has 0 aromatic heterocycles. The summed E-state index contributed by atoms with van der Waals surface area (Å²) in [6.07, 6.45) is -4.68. The Morgan fingerprint density at radius 3 is 2.09 bits per heavy atom. The van der Waals surface area contributed by atoms with Crippen LogP contribution in [0.15, 0.2) is 91.0 Å². The average Bonchev–Trinajstić information content (AvgIpc) is 3.04. The standard InChI is InChI=1S/C34H30F3N3O5/c1-3-39-32(43)26-10-5-4-8-23(26)20-45-30(41)19-21-12-17-29(28(18-21)31(42)38-2)40-33(44)27-11-7-6-9-25(27)22-13-15-24(16-14-22)34(35,36)37/h4-18H,3,19-20H2,1-2H3,(H,38,42)(H,39,43)(H,40,44). The number of amides is 3. The van der Waals surface area contributed by atoms with Gasteiger partial charge in [0, 0.05) is 30.3 Å². The molecule has 0 aliphatic heterocycles. The number of carbonyl (C=O) groups excluding carboxylic acids is 4. The van der Waals surface area contributed by atoms with Crippen LogP contribution in [0.2, 0.25) is 0 Å². The number of hydrogen-bond acceptors (Lipinski definition) is 5. The first-order chi connectivity index (χ1) is 21.5. The minimum absolute atomic E-state index is 0.0877. The van der Waals surface area contributed by atoms with E-state index in [4.69, 9.17) is 4.74 Å². The Bertz CT molecular complexity index is 1720. The van der Waals surface area contributed by atoms with Gasteiger partial charge in [-0.05, 0) is 60.0 Å². The number of anilines is 1. The molecule has 0 radical (unpaired) electrons. The molecular formula is C34H30F3N3O5. The molecule has 0 saturated carbocycles. The van der Waals surface area contributed by atoms with Crippen molar-refractivity contribution in [2.45, 2.75) is 26.1 Å². The van der Waals surface area contributed by atoms with Crippen molar-refractivity contribution in [2.24, 2.45) is 0 Å². The Kier molecular flexibility index (Phi) is 10.4. The SMILES string of the molecule is CCNC(=O)c1ccccc1COC(=O)Cc1ccc(NC(=O)c2ccccc2-c2ccc(C(F)(F)F)cc2)c(C(=O)NC)c1. The van der Waals surface area contributed by atoms with E-state index in [1.807, 2.05) is 0 Å². The van der Waals surface area contributed by atoms with Crippen molar-refractivity contribution in [1.29, 1.82) is 0 Å². The molecule has 0 unspecified atom stereocenters. The second kappa shape index (κ2) is 14.3. The zero-order valence-corrected chi connectivity index (χ0v) is 24.5. The fraction of sp³-hybridized carbons (Fsp3) is 0.176. The fourth-order valence-corrected chi connectivity index (χ4v) is 4.59. The summed E-state index contributed by atoms with van der Waals surface area (Å²) in [5, 5.41) is 7.93. The zero-order chi connectivity index (χ0) is 32.6. The Morgan fingerprint density at radius 1 is 0.756 bits per heavy atom. The van der Waals surface area contributed by atoms with Gasteiger partial charge in [0.1, 0.15) is 6.61 Å². The Labute approximate surface area is 257 Å². The average molecular weight is 618 g/mol. The van der Waals surface area contributed by atoms with Crippen molar-refractivity contribution in [2.75, 3.05) is 18.9 Å². The number of benzene rings is 4. The van der Waals surface area contributed by atoms with E-state index in [1.165, 1.54) is 37.4 Å². The summed E-state index contributed by atoms with van der Waals surface area (Å²) in [5.74, 6) is -1.98. The maximum Gasteiger partial charge on any atom is 0.416 e. The van der Waals surface area contributed by atoms with Crippen molar-refractivity contribution in [3.05, 3.63) is 124 Å². The van der Waals surface area contributed by atoms with E-state index in [-0.39, 0.29) is 35.7 Å². The summed E-state index contributed by atoms with van der Waals surface area (Å²) in [5.41, 5.74) is 1.81. The fourth-order valence-electron chi connectivity index (χ4n) is 4.59. The van der Waals surface area contributed by atoms with Crippen LogP contribution >= 0.6 is 0 Å². The normalized spacial score (nSPS) is 11.0. The van der Waals surface area contributed by atoms with Gasteiger partial charge < -0.3 is 20.7 Å². The quantitative estimate of drug-likeness (QED) is 0.189. The van der Waals surface area contributed by atoms with Crippen LogP contribution in [0.25, 0.3) is 11.1 Å². The number of hydrogen-bond donors (Lipinski definition) is 3. The molecule has 0 spiro atoms. The van der Waals surface area contributed by atoms with Crippen LogP contribution in [-0.2, 0) is 28.7 Å². The van der Waals surface area contributed by atoms with E-state index in [2.05, 4.69) is 16.0 Å². The first kappa shape index (κ1) is 32.5. The van der Waals surface area contributed by atoms with Crippen LogP contribution in [0, 0.1) is 0 Å². The molecule has 4 rings (SSSR count). The van der Waals surface area contributed by atoms with Crippen molar-refractivity contribution in [3.63, 3.8) is 0 Å². The lowest BCUT2D eigenvalue weighted by atomic mass is 9.97. The van der Waals surface area contributed by atoms with Crippen molar-refractivity contribution < 1.29 is 37.1 Å². The number of alkyl halides is 3. The number of carbonyl (C=O) groups is 4. The maximum atomic E-state index is 13.4. The predicted molar refractivity (Wildman–Crippen MR) is 163 cm³/mol. The molecule has 0 aliphatic rings. The topological polar surface area (TPSA) is 114 Å². The van der Waals surface area contributed by atoms with Crippen LogP contribution in [-0.4, -0.2) is 37.3 Å². The number of ether oxygens (including phenoxy) is 1. The van der Waals surface area contributed by atoms with E-state index in [9.17, 15) is 32.3 Å². The third kappa shape index (κ3) is 8.14. The van der Waals surface area contributed by atoms with Gasteiger partial charge >= 0.3 is 12.1 Å². The van der Waals surface area contributed by atoms with Gasteiger partial charge in [0.05, 0.1) is 23.2 Å². The Hall–Kier alpha value is -5.45. The molecule has 0 fully saturated rings. The third-order valence-electron chi connectivity index (χ3n) is 6.84. The molecule has 0 bridgehead atoms. The number of halogens is 3. The van der Waals surface area contributed by atoms with E-state index in [1.54, 1.807) is 55.5 Å². The van der Waals surface area contributed by atoms with E-state index in [0.717, 1.165) is 12.1 Å². The summed E-state index contributed by atoms with van der Waals surface area (Å²) >= 11 is 0. The lowest BCUT2D eigenvalue weighted by Gasteiger charge is -2.15. The lowest BCUT2D eigenvalue weighted by Crippen LogP contribution is -2.24. The highest BCUT2D eigenvalue weighted by atomic mass is 19.4. The summed E-state index contributed by atoms with van der Waals surface area (Å²) in [4.78, 5) is 51.1. The molecule has 0 aliphatic carbocycles. The van der Waals surface area contributed by atoms with Gasteiger partial charge in [-0.3, -0.25) is 19.2 Å².